The molecule has 3 nitrogen and oxygen atoms in total. The molecule has 0 aromatic rings. The van der Waals surface area contributed by atoms with Crippen molar-refractivity contribution in [3.8, 4) is 0 Å². The van der Waals surface area contributed by atoms with Gasteiger partial charge in [0.15, 0.2) is 0 Å². The van der Waals surface area contributed by atoms with E-state index in [1.807, 2.05) is 0 Å². The molecular weight excluding hydrogens is 246 g/mol. The second-order valence-corrected chi connectivity index (χ2v) is 7.20. The second-order valence-electron chi connectivity index (χ2n) is 5.79. The van der Waals surface area contributed by atoms with Crippen LogP contribution in [-0.2, 0) is 4.74 Å². The van der Waals surface area contributed by atoms with E-state index in [0.29, 0.717) is 17.9 Å². The van der Waals surface area contributed by atoms with Gasteiger partial charge in [0, 0.05) is 30.5 Å². The number of nitrogens with one attached hydrogen (secondary N) is 1. The lowest BCUT2D eigenvalue weighted by Gasteiger charge is -2.40. The standard InChI is InChI=1S/C14H27NO2S/c1-17-8-3-9-18-13-4-2-7-14(10-13,11-16)15-12-5-6-12/h12-13,15-16H,2-11H2,1H3. The minimum absolute atomic E-state index is 0.0261. The van der Waals surface area contributed by atoms with Crippen LogP contribution in [0.25, 0.3) is 0 Å². The molecule has 0 heterocycles. The van der Waals surface area contributed by atoms with Crippen LogP contribution < -0.4 is 5.32 Å². The molecule has 2 N–H and O–H groups in total. The maximum absolute atomic E-state index is 9.75. The lowest BCUT2D eigenvalue weighted by molar-refractivity contribution is 0.122. The third-order valence-corrected chi connectivity index (χ3v) is 5.43. The van der Waals surface area contributed by atoms with E-state index < -0.39 is 0 Å². The van der Waals surface area contributed by atoms with E-state index in [2.05, 4.69) is 17.1 Å². The van der Waals surface area contributed by atoms with Crippen LogP contribution in [-0.4, -0.2) is 48.0 Å². The molecule has 106 valence electrons. The highest BCUT2D eigenvalue weighted by atomic mass is 32.2. The van der Waals surface area contributed by atoms with Crippen molar-refractivity contribution >= 4 is 11.8 Å². The zero-order chi connectivity index (χ0) is 12.8. The summed E-state index contributed by atoms with van der Waals surface area (Å²) in [5.41, 5.74) is 0.0261. The fraction of sp³-hybridized carbons (Fsp3) is 1.00. The number of thioether (sulfide) groups is 1. The summed E-state index contributed by atoms with van der Waals surface area (Å²) in [6.45, 7) is 1.17. The van der Waals surface area contributed by atoms with Crippen molar-refractivity contribution in [3.05, 3.63) is 0 Å². The monoisotopic (exact) mass is 273 g/mol. The lowest BCUT2D eigenvalue weighted by atomic mass is 9.82. The zero-order valence-electron chi connectivity index (χ0n) is 11.5. The molecule has 2 saturated carbocycles. The van der Waals surface area contributed by atoms with E-state index in [4.69, 9.17) is 4.74 Å². The first-order valence-electron chi connectivity index (χ1n) is 7.27. The third kappa shape index (κ3) is 4.41. The van der Waals surface area contributed by atoms with Crippen molar-refractivity contribution in [2.45, 2.75) is 61.8 Å². The van der Waals surface area contributed by atoms with Crippen molar-refractivity contribution in [1.82, 2.24) is 5.32 Å². The number of hydrogen-bond donors (Lipinski definition) is 2. The van der Waals surface area contributed by atoms with Gasteiger partial charge in [-0.15, -0.1) is 0 Å². The van der Waals surface area contributed by atoms with Gasteiger partial charge in [-0.1, -0.05) is 6.42 Å². The molecule has 18 heavy (non-hydrogen) atoms. The summed E-state index contributed by atoms with van der Waals surface area (Å²) in [5.74, 6) is 1.18. The summed E-state index contributed by atoms with van der Waals surface area (Å²) in [4.78, 5) is 0. The van der Waals surface area contributed by atoms with Crippen molar-refractivity contribution in [2.24, 2.45) is 0 Å². The Morgan fingerprint density at radius 3 is 2.89 bits per heavy atom. The second kappa shape index (κ2) is 7.13. The summed E-state index contributed by atoms with van der Waals surface area (Å²) < 4.78 is 5.09. The Morgan fingerprint density at radius 2 is 2.22 bits per heavy atom. The van der Waals surface area contributed by atoms with Crippen molar-refractivity contribution in [1.29, 1.82) is 0 Å². The average Bonchev–Trinajstić information content (AvgIpc) is 3.19. The highest BCUT2D eigenvalue weighted by Crippen LogP contribution is 2.37. The molecule has 0 radical (unpaired) electrons. The highest BCUT2D eigenvalue weighted by molar-refractivity contribution is 7.99. The molecule has 0 aromatic carbocycles. The molecule has 2 rings (SSSR count). The van der Waals surface area contributed by atoms with Gasteiger partial charge in [-0.05, 0) is 44.3 Å². The van der Waals surface area contributed by atoms with Crippen molar-refractivity contribution in [2.75, 3.05) is 26.1 Å². The number of ether oxygens (including phenoxy) is 1. The average molecular weight is 273 g/mol. The van der Waals surface area contributed by atoms with Gasteiger partial charge in [0.2, 0.25) is 0 Å². The molecule has 2 aliphatic carbocycles. The topological polar surface area (TPSA) is 41.5 Å². The Balaban J connectivity index is 1.74. The van der Waals surface area contributed by atoms with Crippen LogP contribution in [0.3, 0.4) is 0 Å². The summed E-state index contributed by atoms with van der Waals surface area (Å²) in [7, 11) is 1.77. The summed E-state index contributed by atoms with van der Waals surface area (Å²) in [6, 6.07) is 0.689. The molecule has 0 aromatic heterocycles. The first-order valence-corrected chi connectivity index (χ1v) is 8.32. The smallest absolute Gasteiger partial charge is 0.0613 e. The fourth-order valence-corrected chi connectivity index (χ4v) is 4.27. The molecule has 0 amide bonds. The quantitative estimate of drug-likeness (QED) is 0.665. The van der Waals surface area contributed by atoms with Gasteiger partial charge in [-0.25, -0.2) is 0 Å². The Bertz CT molecular complexity index is 248. The van der Waals surface area contributed by atoms with Crippen LogP contribution in [0.15, 0.2) is 0 Å². The first kappa shape index (κ1) is 14.6. The fourth-order valence-electron chi connectivity index (χ4n) is 2.88. The lowest BCUT2D eigenvalue weighted by Crippen LogP contribution is -2.53. The van der Waals surface area contributed by atoms with Crippen LogP contribution in [0.5, 0.6) is 0 Å². The Labute approximate surface area is 115 Å². The maximum atomic E-state index is 9.75. The normalized spacial score (nSPS) is 32.7. The van der Waals surface area contributed by atoms with Crippen molar-refractivity contribution in [3.63, 3.8) is 0 Å². The summed E-state index contributed by atoms with van der Waals surface area (Å²) >= 11 is 2.07. The Kier molecular flexibility index (Phi) is 5.80. The van der Waals surface area contributed by atoms with E-state index in [1.165, 1.54) is 31.4 Å². The van der Waals surface area contributed by atoms with E-state index in [0.717, 1.165) is 25.9 Å². The molecule has 2 aliphatic rings. The number of aliphatic hydroxyl groups is 1. The predicted molar refractivity (Wildman–Crippen MR) is 77.2 cm³/mol. The van der Waals surface area contributed by atoms with Gasteiger partial charge in [0.1, 0.15) is 0 Å². The first-order chi connectivity index (χ1) is 8.78. The van der Waals surface area contributed by atoms with Gasteiger partial charge in [0.25, 0.3) is 0 Å². The van der Waals surface area contributed by atoms with E-state index in [-0.39, 0.29) is 5.54 Å². The Morgan fingerprint density at radius 1 is 1.39 bits per heavy atom. The van der Waals surface area contributed by atoms with Crippen LogP contribution in [0.2, 0.25) is 0 Å². The Hall–Kier alpha value is 0.230. The molecular formula is C14H27NO2S. The number of rotatable bonds is 8. The number of hydrogen-bond acceptors (Lipinski definition) is 4. The molecule has 4 heteroatoms. The summed E-state index contributed by atoms with van der Waals surface area (Å²) in [5, 5.41) is 14.2. The van der Waals surface area contributed by atoms with Crippen molar-refractivity contribution < 1.29 is 9.84 Å². The molecule has 0 aliphatic heterocycles. The van der Waals surface area contributed by atoms with E-state index in [1.54, 1.807) is 7.11 Å². The highest BCUT2D eigenvalue weighted by Gasteiger charge is 2.39. The van der Waals surface area contributed by atoms with Gasteiger partial charge < -0.3 is 15.2 Å². The van der Waals surface area contributed by atoms with E-state index in [9.17, 15) is 5.11 Å². The third-order valence-electron chi connectivity index (χ3n) is 4.04. The predicted octanol–water partition coefficient (Wildman–Crippen LogP) is 2.18. The molecule has 0 spiro atoms. The van der Waals surface area contributed by atoms with Gasteiger partial charge in [-0.2, -0.15) is 11.8 Å². The van der Waals surface area contributed by atoms with Gasteiger partial charge in [0.05, 0.1) is 6.61 Å². The number of aliphatic hydroxyl groups excluding tert-OH is 1. The van der Waals surface area contributed by atoms with Gasteiger partial charge in [-0.3, -0.25) is 0 Å². The minimum Gasteiger partial charge on any atom is -0.394 e. The van der Waals surface area contributed by atoms with Crippen LogP contribution in [0.1, 0.15) is 44.9 Å². The molecule has 2 unspecified atom stereocenters. The largest absolute Gasteiger partial charge is 0.394 e. The van der Waals surface area contributed by atoms with Crippen LogP contribution >= 0.6 is 11.8 Å². The van der Waals surface area contributed by atoms with Crippen LogP contribution in [0.4, 0.5) is 0 Å². The van der Waals surface area contributed by atoms with Gasteiger partial charge >= 0.3 is 0 Å². The van der Waals surface area contributed by atoms with Crippen LogP contribution in [0, 0.1) is 0 Å². The molecule has 2 fully saturated rings. The number of methoxy groups -OCH3 is 1. The minimum atomic E-state index is 0.0261. The van der Waals surface area contributed by atoms with E-state index >= 15 is 0 Å². The summed E-state index contributed by atoms with van der Waals surface area (Å²) in [6.07, 6.45) is 8.58. The zero-order valence-corrected chi connectivity index (χ0v) is 12.3. The molecule has 0 bridgehead atoms. The SMILES string of the molecule is COCCCSC1CCCC(CO)(NC2CC2)C1. The maximum Gasteiger partial charge on any atom is 0.0613 e. The molecule has 0 saturated heterocycles. The molecule has 2 atom stereocenters.